The maximum Gasteiger partial charge on any atom is 0.334 e. The van der Waals surface area contributed by atoms with E-state index in [-0.39, 0.29) is 53.3 Å². The van der Waals surface area contributed by atoms with Gasteiger partial charge in [0.25, 0.3) is 17.7 Å². The molecule has 12 heteroatoms. The van der Waals surface area contributed by atoms with Crippen molar-refractivity contribution in [2.75, 3.05) is 26.7 Å². The van der Waals surface area contributed by atoms with E-state index < -0.39 is 23.4 Å². The summed E-state index contributed by atoms with van der Waals surface area (Å²) in [5, 5.41) is 3.32. The first-order valence-corrected chi connectivity index (χ1v) is 13.8. The van der Waals surface area contributed by atoms with E-state index in [0.717, 1.165) is 50.0 Å². The molecule has 3 saturated carbocycles. The van der Waals surface area contributed by atoms with Crippen LogP contribution in [0.4, 0.5) is 9.59 Å². The summed E-state index contributed by atoms with van der Waals surface area (Å²) in [6.07, 6.45) is 7.74. The predicted octanol–water partition coefficient (Wildman–Crippen LogP) is 0.424. The van der Waals surface area contributed by atoms with E-state index in [1.807, 2.05) is 0 Å². The molecule has 3 heterocycles. The van der Waals surface area contributed by atoms with Crippen molar-refractivity contribution in [3.63, 3.8) is 0 Å². The van der Waals surface area contributed by atoms with Crippen molar-refractivity contribution in [2.45, 2.75) is 81.8 Å². The largest absolute Gasteiger partial charge is 0.385 e. The molecule has 2 spiro atoms. The van der Waals surface area contributed by atoms with Gasteiger partial charge in [0.15, 0.2) is 0 Å². The van der Waals surface area contributed by atoms with Gasteiger partial charge in [-0.05, 0) is 75.7 Å². The fourth-order valence-electron chi connectivity index (χ4n) is 7.53. The number of imide groups is 3. The average Bonchev–Trinajstić information content (AvgIpc) is 2.96. The van der Waals surface area contributed by atoms with Crippen molar-refractivity contribution in [1.29, 1.82) is 0 Å². The molecule has 3 aliphatic carbocycles. The molecule has 3 aliphatic heterocycles. The Kier molecular flexibility index (Phi) is 5.75. The zero-order valence-electron chi connectivity index (χ0n) is 21.9. The Labute approximate surface area is 221 Å². The summed E-state index contributed by atoms with van der Waals surface area (Å²) in [5.41, 5.74) is 10.3. The molecule has 0 bridgehead atoms. The van der Waals surface area contributed by atoms with Crippen molar-refractivity contribution >= 4 is 29.8 Å². The lowest BCUT2D eigenvalue weighted by Crippen LogP contribution is -2.67. The molecule has 6 fully saturated rings. The van der Waals surface area contributed by atoms with Crippen LogP contribution in [0.5, 0.6) is 0 Å². The van der Waals surface area contributed by atoms with Crippen LogP contribution in [0.15, 0.2) is 11.4 Å². The molecular formula is C26H37N7O5. The van der Waals surface area contributed by atoms with Gasteiger partial charge in [-0.15, -0.1) is 0 Å². The first kappa shape index (κ1) is 25.1. The van der Waals surface area contributed by atoms with E-state index >= 15 is 0 Å². The normalized spacial score (nSPS) is 35.8. The Morgan fingerprint density at radius 3 is 2.11 bits per heavy atom. The molecule has 5 N–H and O–H groups in total. The lowest BCUT2D eigenvalue weighted by atomic mass is 9.51. The van der Waals surface area contributed by atoms with Gasteiger partial charge in [0, 0.05) is 32.2 Å². The summed E-state index contributed by atoms with van der Waals surface area (Å²) in [6.45, 7) is 1.73. The summed E-state index contributed by atoms with van der Waals surface area (Å²) in [6, 6.07) is -0.962. The summed E-state index contributed by atoms with van der Waals surface area (Å²) < 4.78 is 0. The molecule has 0 aromatic heterocycles. The van der Waals surface area contributed by atoms with Gasteiger partial charge >= 0.3 is 12.1 Å². The average molecular weight is 528 g/mol. The van der Waals surface area contributed by atoms with Crippen molar-refractivity contribution in [3.8, 4) is 0 Å². The van der Waals surface area contributed by atoms with Crippen LogP contribution in [-0.4, -0.2) is 93.7 Å². The Bertz CT molecular complexity index is 1120. The van der Waals surface area contributed by atoms with Crippen LogP contribution in [-0.2, 0) is 14.4 Å². The molecular weight excluding hydrogens is 490 g/mol. The number of carbonyl (C=O) groups excluding carboxylic acids is 5. The number of nitrogens with zero attached hydrogens (tertiary/aromatic N) is 4. The Balaban J connectivity index is 1.16. The van der Waals surface area contributed by atoms with Gasteiger partial charge < -0.3 is 21.7 Å². The first-order valence-electron chi connectivity index (χ1n) is 13.8. The minimum Gasteiger partial charge on any atom is -0.385 e. The number of barbiturate groups is 1. The maximum atomic E-state index is 13.4. The second-order valence-corrected chi connectivity index (χ2v) is 12.3. The van der Waals surface area contributed by atoms with E-state index in [0.29, 0.717) is 32.2 Å². The fourth-order valence-corrected chi connectivity index (χ4v) is 7.53. The predicted molar refractivity (Wildman–Crippen MR) is 135 cm³/mol. The summed E-state index contributed by atoms with van der Waals surface area (Å²) in [4.78, 5) is 71.2. The third kappa shape index (κ3) is 3.55. The molecule has 12 nitrogen and oxygen atoms in total. The van der Waals surface area contributed by atoms with Crippen molar-refractivity contribution in [2.24, 2.45) is 22.8 Å². The van der Waals surface area contributed by atoms with Crippen molar-refractivity contribution in [3.05, 3.63) is 11.4 Å². The molecule has 6 rings (SSSR count). The molecule has 206 valence electrons. The summed E-state index contributed by atoms with van der Waals surface area (Å²) in [5.74, 6) is -1.67. The number of likely N-dealkylation sites (N-methyl/N-ethyl adjacent to an activating group) is 1. The molecule has 3 saturated heterocycles. The van der Waals surface area contributed by atoms with Crippen LogP contribution < -0.4 is 16.8 Å². The molecule has 6 aliphatic rings. The number of nitrogens with one attached hydrogen (secondary N) is 1. The zero-order valence-corrected chi connectivity index (χ0v) is 21.9. The highest BCUT2D eigenvalue weighted by atomic mass is 16.2. The van der Waals surface area contributed by atoms with Gasteiger partial charge in [-0.25, -0.2) is 9.59 Å². The first-order chi connectivity index (χ1) is 18.1. The van der Waals surface area contributed by atoms with Crippen LogP contribution >= 0.6 is 0 Å². The SMILES string of the molecule is CN1C(=O)N(C[C@H]2CCN2)C2(CC3(CCC(N4C(=O)C(=C(N)N)C(=O)N(CC5CCC5)C4=O)CC3)C2)C1=O. The number of urea groups is 2. The summed E-state index contributed by atoms with van der Waals surface area (Å²) in [7, 11) is 1.56. The van der Waals surface area contributed by atoms with Crippen LogP contribution in [0.25, 0.3) is 0 Å². The van der Waals surface area contributed by atoms with Gasteiger partial charge in [-0.1, -0.05) is 6.42 Å². The van der Waals surface area contributed by atoms with E-state index in [2.05, 4.69) is 5.32 Å². The van der Waals surface area contributed by atoms with E-state index in [9.17, 15) is 24.0 Å². The highest BCUT2D eigenvalue weighted by molar-refractivity contribution is 6.29. The number of carbonyl (C=O) groups is 5. The molecule has 0 aromatic carbocycles. The summed E-state index contributed by atoms with van der Waals surface area (Å²) >= 11 is 0. The topological polar surface area (TPSA) is 162 Å². The van der Waals surface area contributed by atoms with Gasteiger partial charge in [0.05, 0.1) is 0 Å². The minimum absolute atomic E-state index is 0.113. The molecule has 1 atom stereocenters. The Hall–Kier alpha value is -3.15. The Morgan fingerprint density at radius 1 is 0.921 bits per heavy atom. The lowest BCUT2D eigenvalue weighted by molar-refractivity contribution is -0.151. The van der Waals surface area contributed by atoms with Crippen LogP contribution in [0.1, 0.15) is 64.2 Å². The smallest absolute Gasteiger partial charge is 0.334 e. The maximum absolute atomic E-state index is 13.4. The number of amides is 7. The molecule has 0 unspecified atom stereocenters. The molecule has 38 heavy (non-hydrogen) atoms. The second-order valence-electron chi connectivity index (χ2n) is 12.3. The van der Waals surface area contributed by atoms with Gasteiger partial charge in [-0.3, -0.25) is 29.1 Å². The Morgan fingerprint density at radius 2 is 1.58 bits per heavy atom. The third-order valence-electron chi connectivity index (χ3n) is 10.1. The van der Waals surface area contributed by atoms with Crippen LogP contribution in [0.2, 0.25) is 0 Å². The van der Waals surface area contributed by atoms with E-state index in [1.54, 1.807) is 11.9 Å². The van der Waals surface area contributed by atoms with Crippen LogP contribution in [0, 0.1) is 11.3 Å². The van der Waals surface area contributed by atoms with Gasteiger partial charge in [0.1, 0.15) is 16.9 Å². The second kappa shape index (κ2) is 8.69. The molecule has 7 amide bonds. The third-order valence-corrected chi connectivity index (χ3v) is 10.1. The number of hydrogen-bond donors (Lipinski definition) is 3. The van der Waals surface area contributed by atoms with Gasteiger partial charge in [-0.2, -0.15) is 0 Å². The van der Waals surface area contributed by atoms with Crippen molar-refractivity contribution < 1.29 is 24.0 Å². The highest BCUT2D eigenvalue weighted by Gasteiger charge is 2.68. The van der Waals surface area contributed by atoms with E-state index in [4.69, 9.17) is 11.5 Å². The number of rotatable bonds is 5. The van der Waals surface area contributed by atoms with E-state index in [1.165, 1.54) is 9.80 Å². The number of hydrogen-bond acceptors (Lipinski definition) is 8. The van der Waals surface area contributed by atoms with Crippen LogP contribution in [0.3, 0.4) is 0 Å². The minimum atomic E-state index is -0.789. The zero-order chi connectivity index (χ0) is 27.0. The van der Waals surface area contributed by atoms with Crippen molar-refractivity contribution in [1.82, 2.24) is 24.9 Å². The monoisotopic (exact) mass is 527 g/mol. The fraction of sp³-hybridized carbons (Fsp3) is 0.731. The molecule has 0 radical (unpaired) electrons. The number of nitrogens with two attached hydrogens (primary N) is 2. The highest BCUT2D eigenvalue weighted by Crippen LogP contribution is 2.61. The lowest BCUT2D eigenvalue weighted by Gasteiger charge is -2.59. The van der Waals surface area contributed by atoms with Gasteiger partial charge in [0.2, 0.25) is 0 Å². The quantitative estimate of drug-likeness (QED) is 0.263. The molecule has 0 aromatic rings. The standard InChI is InChI=1S/C26H37N7O5/c1-30-22(36)26(32(23(30)37)12-16-7-10-29-16)13-25(14-26)8-5-17(6-9-25)33-21(35)18(19(27)28)20(34)31(24(33)38)11-15-3-2-4-15/h15-17,29H,2-14,27-28H2,1H3/t16-,17?,25?,26?/m1/s1.